The molecule has 0 radical (unpaired) electrons. The van der Waals surface area contributed by atoms with Gasteiger partial charge in [0.25, 0.3) is 0 Å². The van der Waals surface area contributed by atoms with Crippen molar-refractivity contribution in [1.29, 1.82) is 0 Å². The Hall–Kier alpha value is -0.560. The molecule has 0 N–H and O–H groups in total. The third kappa shape index (κ3) is 5.83. The van der Waals surface area contributed by atoms with E-state index < -0.39 is 0 Å². The van der Waals surface area contributed by atoms with Crippen molar-refractivity contribution in [3.05, 3.63) is 23.8 Å². The van der Waals surface area contributed by atoms with E-state index in [0.29, 0.717) is 18.1 Å². The van der Waals surface area contributed by atoms with Gasteiger partial charge in [-0.1, -0.05) is 51.8 Å². The molecular formula is C19H34O. The van der Waals surface area contributed by atoms with Gasteiger partial charge in [-0.2, -0.15) is 0 Å². The summed E-state index contributed by atoms with van der Waals surface area (Å²) in [5.41, 5.74) is 2.76. The SMILES string of the molecule is C=C(C)[C@H](C)CC(C)CCC1O[C@@H](CCCC)C=C1C. The van der Waals surface area contributed by atoms with Crippen LogP contribution >= 0.6 is 0 Å². The van der Waals surface area contributed by atoms with Gasteiger partial charge in [0.15, 0.2) is 0 Å². The van der Waals surface area contributed by atoms with Gasteiger partial charge in [0.05, 0.1) is 12.2 Å². The molecule has 0 aliphatic carbocycles. The number of hydrogen-bond donors (Lipinski definition) is 0. The average Bonchev–Trinajstić information content (AvgIpc) is 2.74. The van der Waals surface area contributed by atoms with Crippen molar-refractivity contribution in [2.45, 2.75) is 85.4 Å². The van der Waals surface area contributed by atoms with Crippen LogP contribution in [0, 0.1) is 11.8 Å². The Kier molecular flexibility index (Phi) is 7.58. The lowest BCUT2D eigenvalue weighted by atomic mass is 9.89. The van der Waals surface area contributed by atoms with Gasteiger partial charge in [-0.15, -0.1) is 0 Å². The van der Waals surface area contributed by atoms with Gasteiger partial charge >= 0.3 is 0 Å². The largest absolute Gasteiger partial charge is 0.367 e. The summed E-state index contributed by atoms with van der Waals surface area (Å²) in [7, 11) is 0. The molecule has 20 heavy (non-hydrogen) atoms. The molecule has 116 valence electrons. The van der Waals surface area contributed by atoms with E-state index in [9.17, 15) is 0 Å². The second-order valence-electron chi connectivity index (χ2n) is 6.88. The van der Waals surface area contributed by atoms with Crippen LogP contribution in [0.25, 0.3) is 0 Å². The predicted molar refractivity (Wildman–Crippen MR) is 88.9 cm³/mol. The van der Waals surface area contributed by atoms with Crippen molar-refractivity contribution in [1.82, 2.24) is 0 Å². The Bertz CT molecular complexity index is 329. The van der Waals surface area contributed by atoms with Crippen molar-refractivity contribution in [3.63, 3.8) is 0 Å². The first-order valence-corrected chi connectivity index (χ1v) is 8.43. The van der Waals surface area contributed by atoms with Gasteiger partial charge in [-0.05, 0) is 56.9 Å². The first kappa shape index (κ1) is 17.5. The topological polar surface area (TPSA) is 9.23 Å². The average molecular weight is 278 g/mol. The zero-order chi connectivity index (χ0) is 15.1. The zero-order valence-corrected chi connectivity index (χ0v) is 14.2. The van der Waals surface area contributed by atoms with E-state index in [-0.39, 0.29) is 0 Å². The molecule has 0 aromatic rings. The van der Waals surface area contributed by atoms with Gasteiger partial charge in [-0.25, -0.2) is 0 Å². The Morgan fingerprint density at radius 3 is 2.65 bits per heavy atom. The normalized spacial score (nSPS) is 25.4. The minimum atomic E-state index is 0.374. The molecule has 1 aliphatic rings. The molecule has 2 unspecified atom stereocenters. The molecular weight excluding hydrogens is 244 g/mol. The lowest BCUT2D eigenvalue weighted by molar-refractivity contribution is 0.0425. The highest BCUT2D eigenvalue weighted by atomic mass is 16.5. The second-order valence-corrected chi connectivity index (χ2v) is 6.88. The summed E-state index contributed by atoms with van der Waals surface area (Å²) in [6, 6.07) is 0. The smallest absolute Gasteiger partial charge is 0.0791 e. The van der Waals surface area contributed by atoms with Crippen LogP contribution in [-0.4, -0.2) is 12.2 Å². The van der Waals surface area contributed by atoms with Crippen LogP contribution in [0.4, 0.5) is 0 Å². The Morgan fingerprint density at radius 2 is 2.05 bits per heavy atom. The first-order chi connectivity index (χ1) is 9.43. The predicted octanol–water partition coefficient (Wildman–Crippen LogP) is 5.91. The molecule has 0 bridgehead atoms. The third-order valence-electron chi connectivity index (χ3n) is 4.66. The van der Waals surface area contributed by atoms with E-state index in [1.807, 2.05) is 0 Å². The molecule has 4 atom stereocenters. The lowest BCUT2D eigenvalue weighted by Gasteiger charge is -2.20. The molecule has 1 heteroatoms. The van der Waals surface area contributed by atoms with Crippen molar-refractivity contribution in [2.75, 3.05) is 0 Å². The number of allylic oxidation sites excluding steroid dienone is 1. The quantitative estimate of drug-likeness (QED) is 0.476. The highest BCUT2D eigenvalue weighted by molar-refractivity contribution is 5.13. The summed E-state index contributed by atoms with van der Waals surface area (Å²) < 4.78 is 6.17. The maximum atomic E-state index is 6.17. The highest BCUT2D eigenvalue weighted by Crippen LogP contribution is 2.29. The van der Waals surface area contributed by atoms with Gasteiger partial charge in [0, 0.05) is 0 Å². The van der Waals surface area contributed by atoms with Gasteiger partial charge in [0.2, 0.25) is 0 Å². The molecule has 0 aromatic carbocycles. The van der Waals surface area contributed by atoms with Crippen LogP contribution in [0.1, 0.15) is 73.1 Å². The minimum absolute atomic E-state index is 0.374. The van der Waals surface area contributed by atoms with E-state index in [0.717, 1.165) is 5.92 Å². The Balaban J connectivity index is 2.29. The molecule has 1 heterocycles. The van der Waals surface area contributed by atoms with Crippen LogP contribution < -0.4 is 0 Å². The molecule has 0 amide bonds. The van der Waals surface area contributed by atoms with Gasteiger partial charge in [0.1, 0.15) is 0 Å². The summed E-state index contributed by atoms with van der Waals surface area (Å²) in [6.07, 6.45) is 10.5. The van der Waals surface area contributed by atoms with Crippen molar-refractivity contribution >= 4 is 0 Å². The van der Waals surface area contributed by atoms with Gasteiger partial charge < -0.3 is 4.74 Å². The standard InChI is InChI=1S/C19H34O/c1-7-8-9-18-13-17(6)19(20-18)11-10-15(4)12-16(5)14(2)3/h13,15-16,18-19H,2,7-12H2,1,3-6H3/t15?,16-,18+,19?/m1/s1. The monoisotopic (exact) mass is 278 g/mol. The van der Waals surface area contributed by atoms with Crippen molar-refractivity contribution < 1.29 is 4.74 Å². The zero-order valence-electron chi connectivity index (χ0n) is 14.2. The molecule has 0 saturated carbocycles. The van der Waals surface area contributed by atoms with Crippen LogP contribution in [0.2, 0.25) is 0 Å². The Labute approximate surface area is 126 Å². The number of unbranched alkanes of at least 4 members (excludes halogenated alkanes) is 1. The molecule has 1 nitrogen and oxygen atoms in total. The van der Waals surface area contributed by atoms with E-state index >= 15 is 0 Å². The summed E-state index contributed by atoms with van der Waals surface area (Å²) in [6.45, 7) is 15.3. The highest BCUT2D eigenvalue weighted by Gasteiger charge is 2.24. The number of hydrogen-bond acceptors (Lipinski definition) is 1. The summed E-state index contributed by atoms with van der Waals surface area (Å²) in [5.74, 6) is 1.40. The fourth-order valence-corrected chi connectivity index (χ4v) is 2.97. The molecule has 1 rings (SSSR count). The van der Waals surface area contributed by atoms with Crippen LogP contribution in [0.5, 0.6) is 0 Å². The van der Waals surface area contributed by atoms with Crippen LogP contribution in [0.3, 0.4) is 0 Å². The second kappa shape index (κ2) is 8.67. The van der Waals surface area contributed by atoms with Crippen molar-refractivity contribution in [3.8, 4) is 0 Å². The van der Waals surface area contributed by atoms with E-state index in [1.54, 1.807) is 0 Å². The van der Waals surface area contributed by atoms with Crippen LogP contribution in [0.15, 0.2) is 23.8 Å². The lowest BCUT2D eigenvalue weighted by Crippen LogP contribution is -2.15. The Morgan fingerprint density at radius 1 is 1.35 bits per heavy atom. The molecule has 0 spiro atoms. The summed E-state index contributed by atoms with van der Waals surface area (Å²) in [5, 5.41) is 0. The first-order valence-electron chi connectivity index (χ1n) is 8.43. The third-order valence-corrected chi connectivity index (χ3v) is 4.66. The summed E-state index contributed by atoms with van der Waals surface area (Å²) in [4.78, 5) is 0. The molecule has 0 aromatic heterocycles. The van der Waals surface area contributed by atoms with E-state index in [1.165, 1.54) is 49.7 Å². The van der Waals surface area contributed by atoms with E-state index in [4.69, 9.17) is 4.74 Å². The molecule has 0 saturated heterocycles. The maximum absolute atomic E-state index is 6.17. The number of ether oxygens (including phenoxy) is 1. The van der Waals surface area contributed by atoms with Gasteiger partial charge in [-0.3, -0.25) is 0 Å². The minimum Gasteiger partial charge on any atom is -0.367 e. The summed E-state index contributed by atoms with van der Waals surface area (Å²) >= 11 is 0. The maximum Gasteiger partial charge on any atom is 0.0791 e. The van der Waals surface area contributed by atoms with Crippen molar-refractivity contribution in [2.24, 2.45) is 11.8 Å². The van der Waals surface area contributed by atoms with E-state index in [2.05, 4.69) is 47.3 Å². The molecule has 1 aliphatic heterocycles. The fourth-order valence-electron chi connectivity index (χ4n) is 2.97. The molecule has 0 fully saturated rings. The van der Waals surface area contributed by atoms with Crippen LogP contribution in [-0.2, 0) is 4.74 Å². The fraction of sp³-hybridized carbons (Fsp3) is 0.789. The number of rotatable bonds is 9.